The number of nitrogens with zero attached hydrogens (tertiary/aromatic N) is 1. The van der Waals surface area contributed by atoms with Gasteiger partial charge in [0.05, 0.1) is 12.6 Å². The maximum atomic E-state index is 14.4. The van der Waals surface area contributed by atoms with Crippen molar-refractivity contribution in [2.24, 2.45) is 10.9 Å². The first kappa shape index (κ1) is 25.9. The van der Waals surface area contributed by atoms with Gasteiger partial charge in [0.2, 0.25) is 0 Å². The number of carbonyl (C=O) groups is 1. The summed E-state index contributed by atoms with van der Waals surface area (Å²) in [4.78, 5) is 16.0. The number of aliphatic imine (C=N–C) groups is 1. The van der Waals surface area contributed by atoms with Gasteiger partial charge in [0.25, 0.3) is 5.91 Å². The van der Waals surface area contributed by atoms with E-state index in [1.807, 2.05) is 31.2 Å². The molecule has 0 aliphatic heterocycles. The van der Waals surface area contributed by atoms with Crippen LogP contribution in [0.1, 0.15) is 47.3 Å². The van der Waals surface area contributed by atoms with E-state index in [0.29, 0.717) is 36.3 Å². The quantitative estimate of drug-likeness (QED) is 0.249. The highest BCUT2D eigenvalue weighted by molar-refractivity contribution is 14.0. The summed E-state index contributed by atoms with van der Waals surface area (Å²) in [6.45, 7) is 3.19. The minimum Gasteiger partial charge on any atom is -0.490 e. The van der Waals surface area contributed by atoms with E-state index < -0.39 is 0 Å². The molecule has 174 valence electrons. The van der Waals surface area contributed by atoms with E-state index in [-0.39, 0.29) is 41.7 Å². The molecule has 2 aromatic rings. The fraction of sp³-hybridized carbons (Fsp3) is 0.417. The highest BCUT2D eigenvalue weighted by Gasteiger charge is 2.22. The van der Waals surface area contributed by atoms with Crippen molar-refractivity contribution in [2.75, 3.05) is 27.2 Å². The standard InChI is InChI=1S/C24H31FN4O2.HI/c1-16(19-9-10-22(21(25)14-19)31-15-18-7-8-18)29-24(27-3)28-12-11-17-5-4-6-20(13-17)23(30)26-2;/h4-6,9-10,13-14,16,18H,7-8,11-12,15H2,1-3H3,(H,26,30)(H2,27,28,29);1H. The summed E-state index contributed by atoms with van der Waals surface area (Å²) in [5, 5.41) is 9.18. The molecular formula is C24H32FIN4O2. The van der Waals surface area contributed by atoms with E-state index in [1.165, 1.54) is 18.9 Å². The molecule has 0 radical (unpaired) electrons. The first-order valence-electron chi connectivity index (χ1n) is 10.7. The number of guanidine groups is 1. The van der Waals surface area contributed by atoms with Crippen molar-refractivity contribution in [3.63, 3.8) is 0 Å². The topological polar surface area (TPSA) is 74.8 Å². The van der Waals surface area contributed by atoms with Crippen molar-refractivity contribution >= 4 is 35.8 Å². The first-order chi connectivity index (χ1) is 15.0. The van der Waals surface area contributed by atoms with Gasteiger partial charge < -0.3 is 20.7 Å². The lowest BCUT2D eigenvalue weighted by molar-refractivity contribution is 0.0963. The predicted octanol–water partition coefficient (Wildman–Crippen LogP) is 4.06. The fourth-order valence-corrected chi connectivity index (χ4v) is 3.22. The summed E-state index contributed by atoms with van der Waals surface area (Å²) in [6.07, 6.45) is 3.08. The molecule has 1 aliphatic carbocycles. The maximum Gasteiger partial charge on any atom is 0.251 e. The van der Waals surface area contributed by atoms with E-state index in [2.05, 4.69) is 20.9 Å². The molecular weight excluding hydrogens is 522 g/mol. The number of nitrogens with one attached hydrogen (secondary N) is 3. The molecule has 0 heterocycles. The monoisotopic (exact) mass is 554 g/mol. The second kappa shape index (κ2) is 12.6. The van der Waals surface area contributed by atoms with Crippen molar-refractivity contribution in [3.8, 4) is 5.75 Å². The summed E-state index contributed by atoms with van der Waals surface area (Å²) in [5.74, 6) is 1.08. The van der Waals surface area contributed by atoms with Crippen LogP contribution < -0.4 is 20.7 Å². The molecule has 1 fully saturated rings. The summed E-state index contributed by atoms with van der Waals surface area (Å²) in [7, 11) is 3.32. The smallest absolute Gasteiger partial charge is 0.251 e. The Morgan fingerprint density at radius 3 is 2.69 bits per heavy atom. The Kier molecular flexibility index (Phi) is 10.2. The predicted molar refractivity (Wildman–Crippen MR) is 136 cm³/mol. The van der Waals surface area contributed by atoms with Crippen molar-refractivity contribution < 1.29 is 13.9 Å². The first-order valence-corrected chi connectivity index (χ1v) is 10.7. The molecule has 32 heavy (non-hydrogen) atoms. The van der Waals surface area contributed by atoms with E-state index >= 15 is 0 Å². The SMILES string of the molecule is CN=C(NCCc1cccc(C(=O)NC)c1)NC(C)c1ccc(OCC2CC2)c(F)c1.I. The van der Waals surface area contributed by atoms with Gasteiger partial charge in [-0.3, -0.25) is 9.79 Å². The van der Waals surface area contributed by atoms with E-state index in [4.69, 9.17) is 4.74 Å². The van der Waals surface area contributed by atoms with Crippen LogP contribution in [0, 0.1) is 11.7 Å². The molecule has 8 heteroatoms. The van der Waals surface area contributed by atoms with Crippen LogP contribution in [-0.2, 0) is 6.42 Å². The van der Waals surface area contributed by atoms with E-state index in [0.717, 1.165) is 17.5 Å². The minimum atomic E-state index is -0.342. The lowest BCUT2D eigenvalue weighted by Crippen LogP contribution is -2.39. The Morgan fingerprint density at radius 2 is 2.03 bits per heavy atom. The number of amides is 1. The molecule has 0 spiro atoms. The zero-order chi connectivity index (χ0) is 22.2. The third-order valence-corrected chi connectivity index (χ3v) is 5.33. The molecule has 2 aromatic carbocycles. The molecule has 0 bridgehead atoms. The van der Waals surface area contributed by atoms with E-state index in [9.17, 15) is 9.18 Å². The van der Waals surface area contributed by atoms with Crippen LogP contribution >= 0.6 is 24.0 Å². The van der Waals surface area contributed by atoms with Gasteiger partial charge in [0, 0.05) is 26.2 Å². The summed E-state index contributed by atoms with van der Waals surface area (Å²) < 4.78 is 19.9. The van der Waals surface area contributed by atoms with Gasteiger partial charge in [-0.25, -0.2) is 4.39 Å². The molecule has 1 atom stereocenters. The molecule has 6 nitrogen and oxygen atoms in total. The zero-order valence-corrected chi connectivity index (χ0v) is 21.1. The summed E-state index contributed by atoms with van der Waals surface area (Å²) in [5.41, 5.74) is 2.51. The Morgan fingerprint density at radius 1 is 1.25 bits per heavy atom. The van der Waals surface area contributed by atoms with Crippen LogP contribution in [0.25, 0.3) is 0 Å². The van der Waals surface area contributed by atoms with Gasteiger partial charge in [0.15, 0.2) is 17.5 Å². The number of rotatable bonds is 9. The van der Waals surface area contributed by atoms with Gasteiger partial charge >= 0.3 is 0 Å². The molecule has 3 rings (SSSR count). The van der Waals surface area contributed by atoms with Crippen LogP contribution in [0.15, 0.2) is 47.5 Å². The van der Waals surface area contributed by atoms with Gasteiger partial charge in [-0.15, -0.1) is 24.0 Å². The molecule has 1 saturated carbocycles. The van der Waals surface area contributed by atoms with Crippen LogP contribution in [0.3, 0.4) is 0 Å². The van der Waals surface area contributed by atoms with Crippen molar-refractivity contribution in [3.05, 3.63) is 65.0 Å². The summed E-state index contributed by atoms with van der Waals surface area (Å²) >= 11 is 0. The average molecular weight is 554 g/mol. The van der Waals surface area contributed by atoms with Gasteiger partial charge in [0.1, 0.15) is 0 Å². The molecule has 0 saturated heterocycles. The molecule has 3 N–H and O–H groups in total. The van der Waals surface area contributed by atoms with Crippen molar-refractivity contribution in [2.45, 2.75) is 32.2 Å². The largest absolute Gasteiger partial charge is 0.490 e. The van der Waals surface area contributed by atoms with Crippen LogP contribution in [0.5, 0.6) is 5.75 Å². The highest BCUT2D eigenvalue weighted by Crippen LogP contribution is 2.30. The third-order valence-electron chi connectivity index (χ3n) is 5.33. The lowest BCUT2D eigenvalue weighted by Gasteiger charge is -2.19. The van der Waals surface area contributed by atoms with Gasteiger partial charge in [-0.1, -0.05) is 18.2 Å². The molecule has 1 amide bonds. The van der Waals surface area contributed by atoms with Crippen molar-refractivity contribution in [1.82, 2.24) is 16.0 Å². The number of benzene rings is 2. The van der Waals surface area contributed by atoms with E-state index in [1.54, 1.807) is 26.2 Å². The Balaban J connectivity index is 0.00000363. The number of carbonyl (C=O) groups excluding carboxylic acids is 1. The van der Waals surface area contributed by atoms with Crippen LogP contribution in [-0.4, -0.2) is 39.1 Å². The second-order valence-corrected chi connectivity index (χ2v) is 7.84. The van der Waals surface area contributed by atoms with Crippen LogP contribution in [0.4, 0.5) is 4.39 Å². The molecule has 0 aromatic heterocycles. The lowest BCUT2D eigenvalue weighted by atomic mass is 10.1. The average Bonchev–Trinajstić information content (AvgIpc) is 3.61. The highest BCUT2D eigenvalue weighted by atomic mass is 127. The second-order valence-electron chi connectivity index (χ2n) is 7.84. The maximum absolute atomic E-state index is 14.4. The van der Waals surface area contributed by atoms with Gasteiger partial charge in [-0.2, -0.15) is 0 Å². The number of halogens is 2. The van der Waals surface area contributed by atoms with Gasteiger partial charge in [-0.05, 0) is 67.5 Å². The zero-order valence-electron chi connectivity index (χ0n) is 18.8. The number of ether oxygens (including phenoxy) is 1. The Labute approximate surface area is 206 Å². The molecule has 1 unspecified atom stereocenters. The minimum absolute atomic E-state index is 0. The normalized spacial score (nSPS) is 14.2. The summed E-state index contributed by atoms with van der Waals surface area (Å²) in [6, 6.07) is 12.5. The van der Waals surface area contributed by atoms with Crippen LogP contribution in [0.2, 0.25) is 0 Å². The fourth-order valence-electron chi connectivity index (χ4n) is 3.22. The third kappa shape index (κ3) is 7.65. The Bertz CT molecular complexity index is 934. The number of hydrogen-bond acceptors (Lipinski definition) is 3. The number of hydrogen-bond donors (Lipinski definition) is 3. The molecule has 1 aliphatic rings. The Hall–Kier alpha value is -2.36. The van der Waals surface area contributed by atoms with Crippen molar-refractivity contribution in [1.29, 1.82) is 0 Å².